The van der Waals surface area contributed by atoms with Crippen LogP contribution in [0.15, 0.2) is 59.5 Å². The second-order valence-corrected chi connectivity index (χ2v) is 9.11. The van der Waals surface area contributed by atoms with Crippen LogP contribution in [0.2, 0.25) is 0 Å². The molecule has 30 heavy (non-hydrogen) atoms. The van der Waals surface area contributed by atoms with E-state index < -0.39 is 26.6 Å². The smallest absolute Gasteiger partial charge is 0.282 e. The fraction of sp³-hybridized carbons (Fsp3) is 0.350. The van der Waals surface area contributed by atoms with Crippen LogP contribution in [-0.4, -0.2) is 60.4 Å². The van der Waals surface area contributed by atoms with E-state index in [4.69, 9.17) is 4.74 Å². The number of ether oxygens (including phenoxy) is 1. The molecule has 2 aliphatic heterocycles. The average molecular weight is 431 g/mol. The fourth-order valence-corrected chi connectivity index (χ4v) is 5.83. The summed E-state index contributed by atoms with van der Waals surface area (Å²) in [4.78, 5) is 25.3. The van der Waals surface area contributed by atoms with Crippen molar-refractivity contribution in [3.63, 3.8) is 0 Å². The minimum atomic E-state index is -3.74. The molecule has 4 rings (SSSR count). The summed E-state index contributed by atoms with van der Waals surface area (Å²) < 4.78 is 33.6. The normalized spacial score (nSPS) is 19.1. The monoisotopic (exact) mass is 431 g/mol. The summed E-state index contributed by atoms with van der Waals surface area (Å²) in [5.74, 6) is -0.437. The maximum absolute atomic E-state index is 13.2. The number of hydrogen-bond acceptors (Lipinski definition) is 6. The molecule has 0 unspecified atom stereocenters. The molecule has 9 nitrogen and oxygen atoms in total. The molecule has 1 spiro atoms. The highest BCUT2D eigenvalue weighted by molar-refractivity contribution is 7.89. The minimum Gasteiger partial charge on any atom is -0.358 e. The molecule has 1 amide bonds. The largest absolute Gasteiger partial charge is 0.358 e. The van der Waals surface area contributed by atoms with Gasteiger partial charge in [-0.1, -0.05) is 30.3 Å². The van der Waals surface area contributed by atoms with Crippen molar-refractivity contribution in [2.75, 3.05) is 26.2 Å². The van der Waals surface area contributed by atoms with Crippen LogP contribution >= 0.6 is 0 Å². The number of nitro groups is 1. The van der Waals surface area contributed by atoms with Crippen molar-refractivity contribution in [1.82, 2.24) is 9.21 Å². The topological polar surface area (TPSA) is 110 Å². The summed E-state index contributed by atoms with van der Waals surface area (Å²) in [5.41, 5.74) is -1.22. The molecule has 0 bridgehead atoms. The van der Waals surface area contributed by atoms with Gasteiger partial charge < -0.3 is 9.64 Å². The van der Waals surface area contributed by atoms with Gasteiger partial charge in [-0.2, -0.15) is 4.31 Å². The van der Waals surface area contributed by atoms with E-state index in [1.54, 1.807) is 36.4 Å². The van der Waals surface area contributed by atoms with E-state index in [-0.39, 0.29) is 42.4 Å². The van der Waals surface area contributed by atoms with E-state index in [9.17, 15) is 23.3 Å². The number of rotatable bonds is 4. The fourth-order valence-electron chi connectivity index (χ4n) is 4.09. The number of sulfonamides is 1. The third kappa shape index (κ3) is 3.47. The zero-order valence-electron chi connectivity index (χ0n) is 16.1. The Morgan fingerprint density at radius 1 is 1.00 bits per heavy atom. The van der Waals surface area contributed by atoms with Crippen molar-refractivity contribution in [3.8, 4) is 0 Å². The van der Waals surface area contributed by atoms with Gasteiger partial charge in [-0.05, 0) is 18.2 Å². The van der Waals surface area contributed by atoms with Crippen molar-refractivity contribution in [3.05, 3.63) is 70.3 Å². The van der Waals surface area contributed by atoms with E-state index in [0.717, 1.165) is 0 Å². The maximum atomic E-state index is 13.2. The predicted molar refractivity (Wildman–Crippen MR) is 107 cm³/mol. The molecule has 0 aromatic heterocycles. The Hall–Kier alpha value is -2.82. The van der Waals surface area contributed by atoms with Gasteiger partial charge in [0.2, 0.25) is 10.0 Å². The highest BCUT2D eigenvalue weighted by Gasteiger charge is 2.51. The first-order chi connectivity index (χ1) is 14.3. The summed E-state index contributed by atoms with van der Waals surface area (Å²) in [6.07, 6.45) is 0.594. The Bertz CT molecular complexity index is 1060. The number of amides is 1. The predicted octanol–water partition coefficient (Wildman–Crippen LogP) is 2.25. The van der Waals surface area contributed by atoms with E-state index in [1.807, 2.05) is 0 Å². The Balaban J connectivity index is 1.54. The van der Waals surface area contributed by atoms with Gasteiger partial charge in [0.15, 0.2) is 0 Å². The molecule has 2 fully saturated rings. The summed E-state index contributed by atoms with van der Waals surface area (Å²) in [6, 6.07) is 14.0. The first kappa shape index (κ1) is 20.5. The van der Waals surface area contributed by atoms with E-state index in [0.29, 0.717) is 12.8 Å². The molecule has 2 aromatic rings. The second-order valence-electron chi connectivity index (χ2n) is 7.25. The molecule has 10 heteroatoms. The highest BCUT2D eigenvalue weighted by Crippen LogP contribution is 2.38. The van der Waals surface area contributed by atoms with Gasteiger partial charge in [0.25, 0.3) is 11.6 Å². The molecule has 2 saturated heterocycles. The Morgan fingerprint density at radius 3 is 2.30 bits per heavy atom. The van der Waals surface area contributed by atoms with Crippen molar-refractivity contribution in [1.29, 1.82) is 0 Å². The summed E-state index contributed by atoms with van der Waals surface area (Å²) in [7, 11) is -3.74. The number of likely N-dealkylation sites (tertiary alicyclic amines) is 1. The third-order valence-electron chi connectivity index (χ3n) is 5.61. The summed E-state index contributed by atoms with van der Waals surface area (Å²) >= 11 is 0. The summed E-state index contributed by atoms with van der Waals surface area (Å²) in [6.45, 7) is 1.01. The van der Waals surface area contributed by atoms with Crippen molar-refractivity contribution in [2.45, 2.75) is 23.5 Å². The van der Waals surface area contributed by atoms with Gasteiger partial charge in [-0.3, -0.25) is 14.9 Å². The molecule has 2 aromatic carbocycles. The number of para-hydroxylation sites is 1. The van der Waals surface area contributed by atoms with Gasteiger partial charge in [-0.25, -0.2) is 8.42 Å². The number of benzene rings is 2. The molecule has 0 N–H and O–H groups in total. The van der Waals surface area contributed by atoms with Crippen LogP contribution in [-0.2, 0) is 14.8 Å². The van der Waals surface area contributed by atoms with E-state index in [2.05, 4.69) is 0 Å². The minimum absolute atomic E-state index is 0.0274. The molecule has 2 aliphatic rings. The van der Waals surface area contributed by atoms with Gasteiger partial charge in [-0.15, -0.1) is 0 Å². The highest BCUT2D eigenvalue weighted by atomic mass is 32.2. The molecule has 158 valence electrons. The Kier molecular flexibility index (Phi) is 5.31. The first-order valence-electron chi connectivity index (χ1n) is 9.60. The lowest BCUT2D eigenvalue weighted by Gasteiger charge is -2.42. The molecule has 0 radical (unpaired) electrons. The van der Waals surface area contributed by atoms with Gasteiger partial charge in [0.05, 0.1) is 16.4 Å². The number of nitrogens with zero attached hydrogens (tertiary/aromatic N) is 3. The van der Waals surface area contributed by atoms with E-state index >= 15 is 0 Å². The standard InChI is InChI=1S/C20H21N3O6S/c24-19(17-8-4-5-9-18(17)23(25)26)21-12-10-20(11-13-21)22(14-15-29-20)30(27,28)16-6-2-1-3-7-16/h1-9H,10-15H2. The number of hydrogen-bond donors (Lipinski definition) is 0. The number of carbonyl (C=O) groups is 1. The van der Waals surface area contributed by atoms with Crippen LogP contribution in [0.4, 0.5) is 5.69 Å². The zero-order chi connectivity index (χ0) is 21.4. The molecule has 0 aliphatic carbocycles. The molecular weight excluding hydrogens is 410 g/mol. The number of carbonyl (C=O) groups excluding carboxylic acids is 1. The quantitative estimate of drug-likeness (QED) is 0.542. The van der Waals surface area contributed by atoms with Crippen LogP contribution in [0.1, 0.15) is 23.2 Å². The average Bonchev–Trinajstić information content (AvgIpc) is 3.18. The van der Waals surface area contributed by atoms with Crippen molar-refractivity contribution < 1.29 is 22.9 Å². The van der Waals surface area contributed by atoms with Crippen LogP contribution in [0.25, 0.3) is 0 Å². The van der Waals surface area contributed by atoms with Crippen LogP contribution < -0.4 is 0 Å². The molecule has 2 heterocycles. The Labute approximate surface area is 174 Å². The third-order valence-corrected chi connectivity index (χ3v) is 7.58. The lowest BCUT2D eigenvalue weighted by Crippen LogP contribution is -2.55. The van der Waals surface area contributed by atoms with Crippen LogP contribution in [0.3, 0.4) is 0 Å². The van der Waals surface area contributed by atoms with Crippen molar-refractivity contribution in [2.24, 2.45) is 0 Å². The zero-order valence-corrected chi connectivity index (χ0v) is 17.0. The number of piperidine rings is 1. The lowest BCUT2D eigenvalue weighted by molar-refractivity contribution is -0.385. The number of nitro benzene ring substituents is 1. The van der Waals surface area contributed by atoms with Crippen molar-refractivity contribution >= 4 is 21.6 Å². The summed E-state index contributed by atoms with van der Waals surface area (Å²) in [5, 5.41) is 11.2. The first-order valence-corrected chi connectivity index (χ1v) is 11.0. The van der Waals surface area contributed by atoms with Crippen LogP contribution in [0, 0.1) is 10.1 Å². The SMILES string of the molecule is O=C(c1ccccc1[N+](=O)[O-])N1CCC2(CC1)OCCN2S(=O)(=O)c1ccccc1. The molecular formula is C20H21N3O6S. The lowest BCUT2D eigenvalue weighted by atomic mass is 9.99. The van der Waals surface area contributed by atoms with Crippen LogP contribution in [0.5, 0.6) is 0 Å². The Morgan fingerprint density at radius 2 is 1.63 bits per heavy atom. The van der Waals surface area contributed by atoms with E-state index in [1.165, 1.54) is 27.4 Å². The molecule has 0 saturated carbocycles. The second kappa shape index (κ2) is 7.78. The maximum Gasteiger partial charge on any atom is 0.282 e. The van der Waals surface area contributed by atoms with Gasteiger partial charge in [0, 0.05) is 38.5 Å². The van der Waals surface area contributed by atoms with Gasteiger partial charge >= 0.3 is 0 Å². The van der Waals surface area contributed by atoms with Gasteiger partial charge in [0.1, 0.15) is 11.3 Å². The molecule has 0 atom stereocenters.